The Balaban J connectivity index is 2.10. The number of methoxy groups -OCH3 is 1. The van der Waals surface area contributed by atoms with Crippen LogP contribution in [-0.2, 0) is 20.8 Å². The largest absolute Gasteiger partial charge is 0.464 e. The van der Waals surface area contributed by atoms with Crippen molar-refractivity contribution in [2.45, 2.75) is 84.6 Å². The van der Waals surface area contributed by atoms with Gasteiger partial charge in [0.25, 0.3) is 0 Å². The van der Waals surface area contributed by atoms with Crippen molar-refractivity contribution in [3.05, 3.63) is 18.0 Å². The molecule has 9 heteroatoms. The third kappa shape index (κ3) is 6.07. The standard InChI is InChI=1S/C25H38N4O5/c1-7-15(2)23(30)28-20-19-11-17(27-16(3)12-25(4,5)32)13-26-22(19)29(21(20)24(31)33-6)14-18-9-8-10-34-18/h11,13,15-16,18,27,32H,7-10,12,14H2,1-6H3,(H,28,30)/t15-,16+,18+/m0/s1. The number of fused-ring (bicyclic) bond motifs is 1. The van der Waals surface area contributed by atoms with Crippen LogP contribution < -0.4 is 10.6 Å². The van der Waals surface area contributed by atoms with Crippen LogP contribution in [0.1, 0.15) is 70.8 Å². The Morgan fingerprint density at radius 1 is 1.38 bits per heavy atom. The molecule has 1 aliphatic rings. The average Bonchev–Trinajstić information content (AvgIpc) is 3.38. The molecule has 3 N–H and O–H groups in total. The number of aromatic nitrogens is 2. The molecule has 1 fully saturated rings. The Labute approximate surface area is 201 Å². The van der Waals surface area contributed by atoms with Crippen LogP contribution in [-0.4, -0.2) is 58.0 Å². The molecule has 188 valence electrons. The van der Waals surface area contributed by atoms with E-state index in [1.807, 2.05) is 26.8 Å². The van der Waals surface area contributed by atoms with Crippen molar-refractivity contribution < 1.29 is 24.2 Å². The van der Waals surface area contributed by atoms with Crippen LogP contribution >= 0.6 is 0 Å². The van der Waals surface area contributed by atoms with Gasteiger partial charge in [0.1, 0.15) is 5.65 Å². The van der Waals surface area contributed by atoms with E-state index in [2.05, 4.69) is 15.6 Å². The number of nitrogens with one attached hydrogen (secondary N) is 2. The van der Waals surface area contributed by atoms with Crippen molar-refractivity contribution in [1.82, 2.24) is 9.55 Å². The van der Waals surface area contributed by atoms with Gasteiger partial charge in [-0.1, -0.05) is 13.8 Å². The zero-order valence-electron chi connectivity index (χ0n) is 21.1. The molecule has 0 radical (unpaired) electrons. The molecule has 0 saturated carbocycles. The first-order valence-corrected chi connectivity index (χ1v) is 12.1. The quantitative estimate of drug-likeness (QED) is 0.447. The summed E-state index contributed by atoms with van der Waals surface area (Å²) in [5.41, 5.74) is 1.16. The van der Waals surface area contributed by atoms with E-state index in [1.165, 1.54) is 7.11 Å². The minimum Gasteiger partial charge on any atom is -0.464 e. The van der Waals surface area contributed by atoms with E-state index in [4.69, 9.17) is 9.47 Å². The molecule has 0 aromatic carbocycles. The second kappa shape index (κ2) is 10.7. The van der Waals surface area contributed by atoms with Crippen LogP contribution in [0.2, 0.25) is 0 Å². The molecule has 3 atom stereocenters. The van der Waals surface area contributed by atoms with Crippen molar-refractivity contribution in [1.29, 1.82) is 0 Å². The summed E-state index contributed by atoms with van der Waals surface area (Å²) in [7, 11) is 1.33. The SMILES string of the molecule is CC[C@H](C)C(=O)Nc1c(C(=O)OC)n(C[C@H]2CCCO2)c2ncc(N[C@H](C)CC(C)(C)O)cc12. The van der Waals surface area contributed by atoms with E-state index < -0.39 is 11.6 Å². The lowest BCUT2D eigenvalue weighted by Crippen LogP contribution is -2.29. The fraction of sp³-hybridized carbons (Fsp3) is 0.640. The Morgan fingerprint density at radius 2 is 2.12 bits per heavy atom. The molecular weight excluding hydrogens is 436 g/mol. The number of amides is 1. The second-order valence-electron chi connectivity index (χ2n) is 9.92. The number of anilines is 2. The zero-order chi connectivity index (χ0) is 25.0. The fourth-order valence-corrected chi connectivity index (χ4v) is 4.43. The van der Waals surface area contributed by atoms with E-state index in [0.717, 1.165) is 18.5 Å². The van der Waals surface area contributed by atoms with Gasteiger partial charge in [0.15, 0.2) is 5.69 Å². The van der Waals surface area contributed by atoms with Crippen LogP contribution in [0.15, 0.2) is 12.3 Å². The first-order chi connectivity index (χ1) is 16.0. The van der Waals surface area contributed by atoms with E-state index in [0.29, 0.717) is 42.7 Å². The van der Waals surface area contributed by atoms with Gasteiger partial charge in [0, 0.05) is 24.0 Å². The van der Waals surface area contributed by atoms with E-state index >= 15 is 0 Å². The molecule has 3 rings (SSSR count). The smallest absolute Gasteiger partial charge is 0.356 e. The molecule has 9 nitrogen and oxygen atoms in total. The maximum absolute atomic E-state index is 12.9. The van der Waals surface area contributed by atoms with Crippen LogP contribution in [0.3, 0.4) is 0 Å². The summed E-state index contributed by atoms with van der Waals surface area (Å²) >= 11 is 0. The maximum atomic E-state index is 12.9. The number of carbonyl (C=O) groups excluding carboxylic acids is 2. The molecule has 34 heavy (non-hydrogen) atoms. The predicted octanol–water partition coefficient (Wildman–Crippen LogP) is 3.95. The van der Waals surface area contributed by atoms with Crippen molar-refractivity contribution in [2.75, 3.05) is 24.4 Å². The summed E-state index contributed by atoms with van der Waals surface area (Å²) in [6, 6.07) is 1.86. The predicted molar refractivity (Wildman–Crippen MR) is 132 cm³/mol. The summed E-state index contributed by atoms with van der Waals surface area (Å²) in [6.07, 6.45) is 4.74. The number of nitrogens with zero attached hydrogens (tertiary/aromatic N) is 2. The lowest BCUT2D eigenvalue weighted by atomic mass is 10.0. The van der Waals surface area contributed by atoms with Crippen LogP contribution in [0.4, 0.5) is 11.4 Å². The van der Waals surface area contributed by atoms with Gasteiger partial charge < -0.3 is 29.8 Å². The molecule has 0 bridgehead atoms. The topological polar surface area (TPSA) is 115 Å². The summed E-state index contributed by atoms with van der Waals surface area (Å²) in [5, 5.41) is 17.1. The zero-order valence-corrected chi connectivity index (χ0v) is 21.1. The lowest BCUT2D eigenvalue weighted by molar-refractivity contribution is -0.119. The number of hydrogen-bond acceptors (Lipinski definition) is 7. The number of ether oxygens (including phenoxy) is 2. The van der Waals surface area contributed by atoms with Crippen LogP contribution in [0.25, 0.3) is 11.0 Å². The molecule has 3 heterocycles. The molecule has 1 amide bonds. The minimum absolute atomic E-state index is 0.0218. The highest BCUT2D eigenvalue weighted by atomic mass is 16.5. The van der Waals surface area contributed by atoms with Crippen molar-refractivity contribution in [2.24, 2.45) is 5.92 Å². The Bertz CT molecular complexity index is 1020. The van der Waals surface area contributed by atoms with Crippen molar-refractivity contribution in [3.63, 3.8) is 0 Å². The Morgan fingerprint density at radius 3 is 2.71 bits per heavy atom. The number of rotatable bonds is 10. The van der Waals surface area contributed by atoms with E-state index in [9.17, 15) is 14.7 Å². The van der Waals surface area contributed by atoms with Gasteiger partial charge in [-0.25, -0.2) is 9.78 Å². The van der Waals surface area contributed by atoms with Gasteiger partial charge in [-0.3, -0.25) is 4.79 Å². The number of hydrogen-bond donors (Lipinski definition) is 3. The third-order valence-electron chi connectivity index (χ3n) is 6.21. The first-order valence-electron chi connectivity index (χ1n) is 12.1. The van der Waals surface area contributed by atoms with Crippen LogP contribution in [0.5, 0.6) is 0 Å². The highest BCUT2D eigenvalue weighted by Crippen LogP contribution is 2.34. The molecule has 1 saturated heterocycles. The van der Waals surface area contributed by atoms with Gasteiger partial charge in [-0.15, -0.1) is 0 Å². The Hall–Kier alpha value is -2.65. The molecular formula is C25H38N4O5. The highest BCUT2D eigenvalue weighted by molar-refractivity contribution is 6.11. The van der Waals surface area contributed by atoms with Gasteiger partial charge in [-0.2, -0.15) is 0 Å². The number of esters is 1. The summed E-state index contributed by atoms with van der Waals surface area (Å²) in [6.45, 7) is 10.4. The molecule has 2 aromatic heterocycles. The van der Waals surface area contributed by atoms with Gasteiger partial charge in [-0.05, 0) is 52.5 Å². The average molecular weight is 475 g/mol. The summed E-state index contributed by atoms with van der Waals surface area (Å²) < 4.78 is 12.7. The number of pyridine rings is 1. The fourth-order valence-electron chi connectivity index (χ4n) is 4.43. The number of carbonyl (C=O) groups is 2. The molecule has 0 aliphatic carbocycles. The normalized spacial score (nSPS) is 18.0. The maximum Gasteiger partial charge on any atom is 0.356 e. The molecule has 1 aliphatic heterocycles. The minimum atomic E-state index is -0.817. The molecule has 0 unspecified atom stereocenters. The molecule has 2 aromatic rings. The monoisotopic (exact) mass is 474 g/mol. The summed E-state index contributed by atoms with van der Waals surface area (Å²) in [5.74, 6) is -0.930. The second-order valence-corrected chi connectivity index (χ2v) is 9.92. The summed E-state index contributed by atoms with van der Waals surface area (Å²) in [4.78, 5) is 30.5. The van der Waals surface area contributed by atoms with Crippen molar-refractivity contribution in [3.8, 4) is 0 Å². The highest BCUT2D eigenvalue weighted by Gasteiger charge is 2.29. The van der Waals surface area contributed by atoms with Crippen LogP contribution in [0, 0.1) is 5.92 Å². The van der Waals surface area contributed by atoms with Gasteiger partial charge in [0.05, 0.1) is 42.9 Å². The molecule has 0 spiro atoms. The van der Waals surface area contributed by atoms with E-state index in [1.54, 1.807) is 24.6 Å². The van der Waals surface area contributed by atoms with Gasteiger partial charge in [0.2, 0.25) is 5.91 Å². The lowest BCUT2D eigenvalue weighted by Gasteiger charge is -2.23. The van der Waals surface area contributed by atoms with E-state index in [-0.39, 0.29) is 29.7 Å². The first kappa shape index (κ1) is 26.0. The van der Waals surface area contributed by atoms with Gasteiger partial charge >= 0.3 is 5.97 Å². The number of aliphatic hydroxyl groups is 1. The Kier molecular flexibility index (Phi) is 8.20. The third-order valence-corrected chi connectivity index (χ3v) is 6.21. The van der Waals surface area contributed by atoms with Crippen molar-refractivity contribution >= 4 is 34.3 Å².